The van der Waals surface area contributed by atoms with Crippen LogP contribution < -0.4 is 0 Å². The number of hydrogen-bond donors (Lipinski definition) is 1. The predicted molar refractivity (Wildman–Crippen MR) is 72.4 cm³/mol. The van der Waals surface area contributed by atoms with Gasteiger partial charge in [-0.2, -0.15) is 5.10 Å². The van der Waals surface area contributed by atoms with Crippen molar-refractivity contribution in [1.82, 2.24) is 9.78 Å². The molecule has 0 aliphatic heterocycles. The highest BCUT2D eigenvalue weighted by Crippen LogP contribution is 2.17. The fraction of sp³-hybridized carbons (Fsp3) is 0.400. The SMILES string of the molecule is CCCc1ccc(C(O)Cn2nccc2C)cc1. The summed E-state index contributed by atoms with van der Waals surface area (Å²) in [7, 11) is 0. The van der Waals surface area contributed by atoms with E-state index in [1.807, 2.05) is 29.8 Å². The standard InChI is InChI=1S/C15H20N2O/c1-3-4-13-5-7-14(8-6-13)15(18)11-17-12(2)9-10-16-17/h5-10,15,18H,3-4,11H2,1-2H3. The highest BCUT2D eigenvalue weighted by molar-refractivity contribution is 5.24. The predicted octanol–water partition coefficient (Wildman–Crippen LogP) is 2.88. The third kappa shape index (κ3) is 2.99. The Bertz CT molecular complexity index is 487. The first-order valence-electron chi connectivity index (χ1n) is 6.46. The molecule has 0 amide bonds. The molecule has 18 heavy (non-hydrogen) atoms. The number of nitrogens with zero attached hydrogens (tertiary/aromatic N) is 2. The molecule has 0 radical (unpaired) electrons. The van der Waals surface area contributed by atoms with Crippen LogP contribution in [0.15, 0.2) is 36.5 Å². The minimum atomic E-state index is -0.501. The average Bonchev–Trinajstić information content (AvgIpc) is 2.76. The lowest BCUT2D eigenvalue weighted by Crippen LogP contribution is -2.11. The summed E-state index contributed by atoms with van der Waals surface area (Å²) >= 11 is 0. The molecule has 0 fully saturated rings. The summed E-state index contributed by atoms with van der Waals surface area (Å²) in [6, 6.07) is 10.1. The van der Waals surface area contributed by atoms with Crippen LogP contribution in [0.1, 0.15) is 36.3 Å². The second kappa shape index (κ2) is 5.83. The van der Waals surface area contributed by atoms with Crippen LogP contribution in [0, 0.1) is 6.92 Å². The van der Waals surface area contributed by atoms with Crippen molar-refractivity contribution in [3.05, 3.63) is 53.3 Å². The van der Waals surface area contributed by atoms with E-state index in [4.69, 9.17) is 0 Å². The van der Waals surface area contributed by atoms with Gasteiger partial charge in [0.25, 0.3) is 0 Å². The van der Waals surface area contributed by atoms with Gasteiger partial charge in [0.05, 0.1) is 12.6 Å². The Balaban J connectivity index is 2.04. The van der Waals surface area contributed by atoms with Crippen molar-refractivity contribution >= 4 is 0 Å². The van der Waals surface area contributed by atoms with Crippen LogP contribution in [0.5, 0.6) is 0 Å². The second-order valence-corrected chi connectivity index (χ2v) is 4.66. The highest BCUT2D eigenvalue weighted by Gasteiger charge is 2.09. The molecule has 1 atom stereocenters. The fourth-order valence-corrected chi connectivity index (χ4v) is 2.05. The van der Waals surface area contributed by atoms with Crippen LogP contribution in [-0.2, 0) is 13.0 Å². The van der Waals surface area contributed by atoms with Crippen LogP contribution in [0.25, 0.3) is 0 Å². The molecule has 1 unspecified atom stereocenters. The monoisotopic (exact) mass is 244 g/mol. The van der Waals surface area contributed by atoms with E-state index in [0.717, 1.165) is 24.1 Å². The van der Waals surface area contributed by atoms with Crippen LogP contribution in [0.4, 0.5) is 0 Å². The van der Waals surface area contributed by atoms with Gasteiger partial charge < -0.3 is 5.11 Å². The van der Waals surface area contributed by atoms with Crippen molar-refractivity contribution in [2.75, 3.05) is 0 Å². The lowest BCUT2D eigenvalue weighted by Gasteiger charge is -2.13. The average molecular weight is 244 g/mol. The molecular formula is C15H20N2O. The number of rotatable bonds is 5. The van der Waals surface area contributed by atoms with Gasteiger partial charge in [0.1, 0.15) is 0 Å². The van der Waals surface area contributed by atoms with Crippen molar-refractivity contribution in [2.45, 2.75) is 39.3 Å². The Kier molecular flexibility index (Phi) is 4.15. The Hall–Kier alpha value is -1.61. The van der Waals surface area contributed by atoms with Crippen LogP contribution in [0.2, 0.25) is 0 Å². The highest BCUT2D eigenvalue weighted by atomic mass is 16.3. The van der Waals surface area contributed by atoms with E-state index in [1.54, 1.807) is 6.20 Å². The number of aliphatic hydroxyl groups excluding tert-OH is 1. The first kappa shape index (κ1) is 12.8. The maximum atomic E-state index is 10.2. The van der Waals surface area contributed by atoms with Crippen LogP contribution >= 0.6 is 0 Å². The zero-order valence-corrected chi connectivity index (χ0v) is 11.0. The minimum Gasteiger partial charge on any atom is -0.386 e. The van der Waals surface area contributed by atoms with Gasteiger partial charge in [0.2, 0.25) is 0 Å². The normalized spacial score (nSPS) is 12.6. The molecule has 0 aliphatic carbocycles. The van der Waals surface area contributed by atoms with E-state index in [9.17, 15) is 5.11 Å². The van der Waals surface area contributed by atoms with Crippen molar-refractivity contribution in [2.24, 2.45) is 0 Å². The number of aryl methyl sites for hydroxylation is 2. The zero-order chi connectivity index (χ0) is 13.0. The quantitative estimate of drug-likeness (QED) is 0.878. The summed E-state index contributed by atoms with van der Waals surface area (Å²) in [6.07, 6.45) is 3.49. The molecule has 96 valence electrons. The largest absolute Gasteiger partial charge is 0.386 e. The molecule has 0 spiro atoms. The molecule has 0 saturated carbocycles. The molecule has 3 nitrogen and oxygen atoms in total. The summed E-state index contributed by atoms with van der Waals surface area (Å²) < 4.78 is 1.82. The van der Waals surface area contributed by atoms with Crippen molar-refractivity contribution < 1.29 is 5.11 Å². The van der Waals surface area contributed by atoms with Crippen LogP contribution in [0.3, 0.4) is 0 Å². The summed E-state index contributed by atoms with van der Waals surface area (Å²) in [4.78, 5) is 0. The number of benzene rings is 1. The lowest BCUT2D eigenvalue weighted by molar-refractivity contribution is 0.150. The number of hydrogen-bond acceptors (Lipinski definition) is 2. The van der Waals surface area contributed by atoms with Gasteiger partial charge in [-0.15, -0.1) is 0 Å². The Morgan fingerprint density at radius 3 is 2.50 bits per heavy atom. The summed E-state index contributed by atoms with van der Waals surface area (Å²) in [5.41, 5.74) is 3.34. The maximum Gasteiger partial charge on any atom is 0.0985 e. The third-order valence-electron chi connectivity index (χ3n) is 3.18. The third-order valence-corrected chi connectivity index (χ3v) is 3.18. The Labute approximate surface area is 108 Å². The summed E-state index contributed by atoms with van der Waals surface area (Å²) in [5, 5.41) is 14.4. The molecular weight excluding hydrogens is 224 g/mol. The molecule has 0 bridgehead atoms. The van der Waals surface area contributed by atoms with E-state index >= 15 is 0 Å². The molecule has 1 aromatic carbocycles. The van der Waals surface area contributed by atoms with Gasteiger partial charge in [0.15, 0.2) is 0 Å². The summed E-state index contributed by atoms with van der Waals surface area (Å²) in [5.74, 6) is 0. The Morgan fingerprint density at radius 2 is 1.94 bits per heavy atom. The molecule has 0 aliphatic rings. The molecule has 1 heterocycles. The van der Waals surface area contributed by atoms with Gasteiger partial charge in [-0.3, -0.25) is 4.68 Å². The van der Waals surface area contributed by atoms with E-state index in [-0.39, 0.29) is 0 Å². The van der Waals surface area contributed by atoms with Gasteiger partial charge in [-0.1, -0.05) is 37.6 Å². The van der Waals surface area contributed by atoms with Crippen molar-refractivity contribution in [3.63, 3.8) is 0 Å². The van der Waals surface area contributed by atoms with E-state index in [1.165, 1.54) is 5.56 Å². The van der Waals surface area contributed by atoms with Gasteiger partial charge in [0, 0.05) is 11.9 Å². The molecule has 2 aromatic rings. The first-order valence-corrected chi connectivity index (χ1v) is 6.46. The second-order valence-electron chi connectivity index (χ2n) is 4.66. The van der Waals surface area contributed by atoms with Crippen LogP contribution in [-0.4, -0.2) is 14.9 Å². The topological polar surface area (TPSA) is 38.0 Å². The van der Waals surface area contributed by atoms with E-state index in [0.29, 0.717) is 6.54 Å². The first-order chi connectivity index (χ1) is 8.70. The van der Waals surface area contributed by atoms with E-state index < -0.39 is 6.10 Å². The summed E-state index contributed by atoms with van der Waals surface area (Å²) in [6.45, 7) is 4.67. The van der Waals surface area contributed by atoms with Crippen molar-refractivity contribution in [3.8, 4) is 0 Å². The fourth-order valence-electron chi connectivity index (χ4n) is 2.05. The van der Waals surface area contributed by atoms with E-state index in [2.05, 4.69) is 24.2 Å². The molecule has 1 aromatic heterocycles. The molecule has 1 N–H and O–H groups in total. The van der Waals surface area contributed by atoms with Gasteiger partial charge >= 0.3 is 0 Å². The smallest absolute Gasteiger partial charge is 0.0985 e. The number of aromatic nitrogens is 2. The van der Waals surface area contributed by atoms with Gasteiger partial charge in [-0.05, 0) is 30.5 Å². The van der Waals surface area contributed by atoms with Crippen molar-refractivity contribution in [1.29, 1.82) is 0 Å². The molecule has 3 heteroatoms. The lowest BCUT2D eigenvalue weighted by atomic mass is 10.0. The maximum absolute atomic E-state index is 10.2. The van der Waals surface area contributed by atoms with Gasteiger partial charge in [-0.25, -0.2) is 0 Å². The number of aliphatic hydroxyl groups is 1. The Morgan fingerprint density at radius 1 is 1.22 bits per heavy atom. The minimum absolute atomic E-state index is 0.501. The molecule has 0 saturated heterocycles. The molecule has 2 rings (SSSR count). The zero-order valence-electron chi connectivity index (χ0n) is 11.0.